The number of aryl methyl sites for hydroxylation is 3. The van der Waals surface area contributed by atoms with E-state index in [9.17, 15) is 9.59 Å². The smallest absolute Gasteiger partial charge is 0.274 e. The highest BCUT2D eigenvalue weighted by Crippen LogP contribution is 2.26. The van der Waals surface area contributed by atoms with E-state index in [4.69, 9.17) is 0 Å². The summed E-state index contributed by atoms with van der Waals surface area (Å²) in [6, 6.07) is 9.45. The number of nitrogens with one attached hydrogen (secondary N) is 1. The van der Waals surface area contributed by atoms with Gasteiger partial charge in [0.1, 0.15) is 10.0 Å². The van der Waals surface area contributed by atoms with Gasteiger partial charge >= 0.3 is 0 Å². The van der Waals surface area contributed by atoms with Gasteiger partial charge in [-0.05, 0) is 44.9 Å². The first-order valence-electron chi connectivity index (χ1n) is 9.92. The third kappa shape index (κ3) is 4.25. The molecule has 0 unspecified atom stereocenters. The molecule has 0 radical (unpaired) electrons. The largest absolute Gasteiger partial charge is 0.337 e. The molecule has 1 aromatic carbocycles. The molecule has 4 rings (SSSR count). The van der Waals surface area contributed by atoms with E-state index in [0.29, 0.717) is 31.6 Å². The molecule has 156 valence electrons. The van der Waals surface area contributed by atoms with Crippen LogP contribution in [-0.2, 0) is 11.8 Å². The van der Waals surface area contributed by atoms with E-state index in [0.717, 1.165) is 27.0 Å². The number of piperidine rings is 1. The van der Waals surface area contributed by atoms with Crippen molar-refractivity contribution in [2.75, 3.05) is 18.4 Å². The SMILES string of the molecule is Cc1nnc(-c2cccc(NC(=O)C3CCN(C(=O)c4cc(C)n(C)n4)CC3)c2)s1. The van der Waals surface area contributed by atoms with E-state index < -0.39 is 0 Å². The summed E-state index contributed by atoms with van der Waals surface area (Å²) in [5.41, 5.74) is 3.08. The molecule has 8 nitrogen and oxygen atoms in total. The number of rotatable bonds is 4. The van der Waals surface area contributed by atoms with Crippen LogP contribution in [0.3, 0.4) is 0 Å². The lowest BCUT2D eigenvalue weighted by molar-refractivity contribution is -0.121. The topological polar surface area (TPSA) is 93.0 Å². The third-order valence-electron chi connectivity index (χ3n) is 5.39. The molecule has 9 heteroatoms. The zero-order valence-corrected chi connectivity index (χ0v) is 18.1. The maximum Gasteiger partial charge on any atom is 0.274 e. The van der Waals surface area contributed by atoms with Crippen LogP contribution in [0.15, 0.2) is 30.3 Å². The summed E-state index contributed by atoms with van der Waals surface area (Å²) in [6.07, 6.45) is 1.28. The Labute approximate surface area is 178 Å². The second kappa shape index (κ2) is 8.35. The summed E-state index contributed by atoms with van der Waals surface area (Å²) >= 11 is 1.52. The predicted molar refractivity (Wildman–Crippen MR) is 115 cm³/mol. The lowest BCUT2D eigenvalue weighted by Crippen LogP contribution is -2.41. The van der Waals surface area contributed by atoms with Crippen molar-refractivity contribution >= 4 is 28.8 Å². The Balaban J connectivity index is 1.35. The first-order valence-corrected chi connectivity index (χ1v) is 10.7. The Morgan fingerprint density at radius 2 is 1.90 bits per heavy atom. The molecule has 1 aliphatic heterocycles. The Morgan fingerprint density at radius 1 is 1.13 bits per heavy atom. The van der Waals surface area contributed by atoms with Gasteiger partial charge in [-0.2, -0.15) is 5.10 Å². The molecule has 0 saturated carbocycles. The number of carbonyl (C=O) groups is 2. The molecule has 1 N–H and O–H groups in total. The number of anilines is 1. The van der Waals surface area contributed by atoms with E-state index in [-0.39, 0.29) is 17.7 Å². The lowest BCUT2D eigenvalue weighted by atomic mass is 9.95. The molecule has 0 bridgehead atoms. The van der Waals surface area contributed by atoms with Gasteiger partial charge in [-0.15, -0.1) is 10.2 Å². The molecule has 2 aromatic heterocycles. The molecule has 2 amide bonds. The molecule has 1 saturated heterocycles. The molecule has 0 spiro atoms. The van der Waals surface area contributed by atoms with Crippen LogP contribution in [-0.4, -0.2) is 49.8 Å². The summed E-state index contributed by atoms with van der Waals surface area (Å²) in [5, 5.41) is 17.2. The fourth-order valence-electron chi connectivity index (χ4n) is 3.56. The second-order valence-electron chi connectivity index (χ2n) is 7.56. The second-order valence-corrected chi connectivity index (χ2v) is 8.74. The molecule has 3 aromatic rings. The zero-order chi connectivity index (χ0) is 21.3. The Kier molecular flexibility index (Phi) is 5.63. The van der Waals surface area contributed by atoms with Gasteiger partial charge in [0.05, 0.1) is 0 Å². The van der Waals surface area contributed by atoms with Crippen LogP contribution >= 0.6 is 11.3 Å². The van der Waals surface area contributed by atoms with Crippen LogP contribution in [0.5, 0.6) is 0 Å². The number of carbonyl (C=O) groups excluding carboxylic acids is 2. The monoisotopic (exact) mass is 424 g/mol. The molecule has 1 fully saturated rings. The van der Waals surface area contributed by atoms with Gasteiger partial charge in [-0.3, -0.25) is 14.3 Å². The first-order chi connectivity index (χ1) is 14.4. The molecule has 1 aliphatic rings. The van der Waals surface area contributed by atoms with E-state index in [1.54, 1.807) is 15.6 Å². The Bertz CT molecular complexity index is 1060. The number of likely N-dealkylation sites (tertiary alicyclic amines) is 1. The third-order valence-corrected chi connectivity index (χ3v) is 6.28. The summed E-state index contributed by atoms with van der Waals surface area (Å²) < 4.78 is 1.70. The fourth-order valence-corrected chi connectivity index (χ4v) is 4.25. The molecule has 3 heterocycles. The van der Waals surface area contributed by atoms with Gasteiger partial charge < -0.3 is 10.2 Å². The maximum absolute atomic E-state index is 12.8. The molecular weight excluding hydrogens is 400 g/mol. The highest BCUT2D eigenvalue weighted by atomic mass is 32.1. The van der Waals surface area contributed by atoms with Crippen molar-refractivity contribution in [1.82, 2.24) is 24.9 Å². The summed E-state index contributed by atoms with van der Waals surface area (Å²) in [7, 11) is 1.82. The minimum Gasteiger partial charge on any atom is -0.337 e. The summed E-state index contributed by atoms with van der Waals surface area (Å²) in [5.74, 6) is -0.203. The highest BCUT2D eigenvalue weighted by Gasteiger charge is 2.29. The molecule has 0 atom stereocenters. The lowest BCUT2D eigenvalue weighted by Gasteiger charge is -2.30. The van der Waals surface area contributed by atoms with Gasteiger partial charge in [-0.25, -0.2) is 0 Å². The molecule has 30 heavy (non-hydrogen) atoms. The van der Waals surface area contributed by atoms with Crippen molar-refractivity contribution in [2.45, 2.75) is 26.7 Å². The van der Waals surface area contributed by atoms with Crippen LogP contribution < -0.4 is 5.32 Å². The Morgan fingerprint density at radius 3 is 2.53 bits per heavy atom. The average Bonchev–Trinajstić information content (AvgIpc) is 3.33. The average molecular weight is 425 g/mol. The first kappa shape index (κ1) is 20.2. The van der Waals surface area contributed by atoms with E-state index in [2.05, 4.69) is 20.6 Å². The van der Waals surface area contributed by atoms with Crippen molar-refractivity contribution in [3.8, 4) is 10.6 Å². The predicted octanol–water partition coefficient (Wildman–Crippen LogP) is 3.05. The van der Waals surface area contributed by atoms with Gasteiger partial charge in [0, 0.05) is 43.0 Å². The van der Waals surface area contributed by atoms with Gasteiger partial charge in [0.2, 0.25) is 5.91 Å². The number of benzene rings is 1. The van der Waals surface area contributed by atoms with Crippen molar-refractivity contribution < 1.29 is 9.59 Å². The van der Waals surface area contributed by atoms with Crippen molar-refractivity contribution in [2.24, 2.45) is 13.0 Å². The van der Waals surface area contributed by atoms with Crippen LogP contribution in [0.1, 0.15) is 34.0 Å². The normalized spacial score (nSPS) is 14.7. The van der Waals surface area contributed by atoms with Crippen LogP contribution in [0, 0.1) is 19.8 Å². The number of amides is 2. The van der Waals surface area contributed by atoms with Crippen molar-refractivity contribution in [3.05, 3.63) is 46.7 Å². The van der Waals surface area contributed by atoms with Crippen molar-refractivity contribution in [1.29, 1.82) is 0 Å². The minimum atomic E-state index is -0.119. The standard InChI is InChI=1S/C21H24N6O2S/c1-13-11-18(25-26(13)3)21(29)27-9-7-15(8-10-27)19(28)22-17-6-4-5-16(12-17)20-24-23-14(2)30-20/h4-6,11-12,15H,7-10H2,1-3H3,(H,22,28). The van der Waals surface area contributed by atoms with Gasteiger partial charge in [-0.1, -0.05) is 23.5 Å². The van der Waals surface area contributed by atoms with Gasteiger partial charge in [0.15, 0.2) is 5.69 Å². The number of nitrogens with zero attached hydrogens (tertiary/aromatic N) is 5. The minimum absolute atomic E-state index is 0.0126. The maximum atomic E-state index is 12.8. The van der Waals surface area contributed by atoms with Crippen LogP contribution in [0.2, 0.25) is 0 Å². The van der Waals surface area contributed by atoms with E-state index >= 15 is 0 Å². The van der Waals surface area contributed by atoms with Crippen molar-refractivity contribution in [3.63, 3.8) is 0 Å². The van der Waals surface area contributed by atoms with E-state index in [1.807, 2.05) is 45.2 Å². The fraction of sp³-hybridized carbons (Fsp3) is 0.381. The number of aromatic nitrogens is 4. The summed E-state index contributed by atoms with van der Waals surface area (Å²) in [6.45, 7) is 4.94. The Hall–Kier alpha value is -3.07. The number of hydrogen-bond donors (Lipinski definition) is 1. The molecule has 0 aliphatic carbocycles. The van der Waals surface area contributed by atoms with Crippen LogP contribution in [0.4, 0.5) is 5.69 Å². The molecular formula is C21H24N6O2S. The number of hydrogen-bond acceptors (Lipinski definition) is 6. The highest BCUT2D eigenvalue weighted by molar-refractivity contribution is 7.14. The zero-order valence-electron chi connectivity index (χ0n) is 17.3. The van der Waals surface area contributed by atoms with Gasteiger partial charge in [0.25, 0.3) is 5.91 Å². The van der Waals surface area contributed by atoms with E-state index in [1.165, 1.54) is 11.3 Å². The quantitative estimate of drug-likeness (QED) is 0.695. The summed E-state index contributed by atoms with van der Waals surface area (Å²) in [4.78, 5) is 27.2. The van der Waals surface area contributed by atoms with Crippen LogP contribution in [0.25, 0.3) is 10.6 Å².